The first-order valence-corrected chi connectivity index (χ1v) is 6.10. The number of aliphatic hydroxyl groups is 1. The predicted molar refractivity (Wildman–Crippen MR) is 61.0 cm³/mol. The van der Waals surface area contributed by atoms with Crippen LogP contribution in [0.25, 0.3) is 0 Å². The molecule has 102 valence electrons. The zero-order chi connectivity index (χ0) is 13.1. The molecule has 2 saturated heterocycles. The third kappa shape index (κ3) is 3.18. The van der Waals surface area contributed by atoms with Crippen molar-refractivity contribution in [2.75, 3.05) is 26.2 Å². The Hall–Kier alpha value is -1.18. The van der Waals surface area contributed by atoms with E-state index in [1.807, 2.05) is 0 Å². The maximum atomic E-state index is 12.1. The Balaban J connectivity index is 1.88. The van der Waals surface area contributed by atoms with Crippen molar-refractivity contribution >= 4 is 11.9 Å². The molecule has 3 atom stereocenters. The average molecular weight is 258 g/mol. The minimum absolute atomic E-state index is 0.0785. The Kier molecular flexibility index (Phi) is 4.15. The van der Waals surface area contributed by atoms with E-state index in [1.54, 1.807) is 4.90 Å². The van der Waals surface area contributed by atoms with E-state index in [4.69, 9.17) is 9.84 Å². The van der Waals surface area contributed by atoms with Crippen LogP contribution in [0.1, 0.15) is 12.8 Å². The van der Waals surface area contributed by atoms with E-state index in [0.717, 1.165) is 0 Å². The number of carbonyl (C=O) groups excluding carboxylic acids is 1. The van der Waals surface area contributed by atoms with E-state index in [0.29, 0.717) is 32.7 Å². The van der Waals surface area contributed by atoms with Gasteiger partial charge in [0.15, 0.2) is 0 Å². The van der Waals surface area contributed by atoms with Gasteiger partial charge >= 0.3 is 5.97 Å². The number of amides is 1. The molecule has 0 aromatic carbocycles. The van der Waals surface area contributed by atoms with Crippen LogP contribution in [-0.2, 0) is 14.3 Å². The topological polar surface area (TPSA) is 99.1 Å². The van der Waals surface area contributed by atoms with E-state index in [1.165, 1.54) is 0 Å². The summed E-state index contributed by atoms with van der Waals surface area (Å²) in [5.74, 6) is -1.01. The van der Waals surface area contributed by atoms with Crippen LogP contribution in [0, 0.1) is 0 Å². The number of hydrogen-bond donors (Lipinski definition) is 3. The standard InChI is InChI=1S/C11H18N2O5/c14-7-3-9(12-5-7)11(17)13-1-2-18-8(6-13)4-10(15)16/h7-9,12,14H,1-6H2,(H,15,16). The van der Waals surface area contributed by atoms with Crippen molar-refractivity contribution in [2.45, 2.75) is 31.1 Å². The van der Waals surface area contributed by atoms with Crippen LogP contribution >= 0.6 is 0 Å². The van der Waals surface area contributed by atoms with Gasteiger partial charge in [0.25, 0.3) is 0 Å². The lowest BCUT2D eigenvalue weighted by molar-refractivity contribution is -0.148. The summed E-state index contributed by atoms with van der Waals surface area (Å²) in [6, 6.07) is -0.358. The number of nitrogens with one attached hydrogen (secondary N) is 1. The van der Waals surface area contributed by atoms with E-state index >= 15 is 0 Å². The molecule has 3 N–H and O–H groups in total. The van der Waals surface area contributed by atoms with Gasteiger partial charge in [0.2, 0.25) is 5.91 Å². The lowest BCUT2D eigenvalue weighted by Crippen LogP contribution is -2.51. The van der Waals surface area contributed by atoms with Crippen LogP contribution in [0.4, 0.5) is 0 Å². The molecule has 0 saturated carbocycles. The van der Waals surface area contributed by atoms with Crippen molar-refractivity contribution in [2.24, 2.45) is 0 Å². The summed E-state index contributed by atoms with van der Waals surface area (Å²) in [5, 5.41) is 21.1. The van der Waals surface area contributed by atoms with Crippen molar-refractivity contribution in [3.05, 3.63) is 0 Å². The van der Waals surface area contributed by atoms with E-state index in [-0.39, 0.29) is 18.4 Å². The van der Waals surface area contributed by atoms with Crippen molar-refractivity contribution in [1.29, 1.82) is 0 Å². The first kappa shape index (κ1) is 13.3. The maximum absolute atomic E-state index is 12.1. The smallest absolute Gasteiger partial charge is 0.306 e. The second kappa shape index (κ2) is 5.64. The Morgan fingerprint density at radius 2 is 2.22 bits per heavy atom. The maximum Gasteiger partial charge on any atom is 0.306 e. The van der Waals surface area contributed by atoms with Crippen LogP contribution in [0.3, 0.4) is 0 Å². The SMILES string of the molecule is O=C(O)CC1CN(C(=O)C2CC(O)CN2)CCO1. The number of aliphatic carboxylic acids is 1. The summed E-state index contributed by atoms with van der Waals surface area (Å²) in [5.41, 5.74) is 0. The molecule has 2 aliphatic rings. The zero-order valence-corrected chi connectivity index (χ0v) is 10.0. The molecule has 18 heavy (non-hydrogen) atoms. The predicted octanol–water partition coefficient (Wildman–Crippen LogP) is -1.59. The number of β-amino-alcohol motifs (C(OH)–C–C–N with tert-alkyl or cyclic N) is 1. The van der Waals surface area contributed by atoms with Crippen LogP contribution < -0.4 is 5.32 Å². The molecule has 7 heteroatoms. The molecular formula is C11H18N2O5. The van der Waals surface area contributed by atoms with Crippen molar-refractivity contribution < 1.29 is 24.5 Å². The van der Waals surface area contributed by atoms with Crippen LogP contribution in [-0.4, -0.2) is 71.5 Å². The molecular weight excluding hydrogens is 240 g/mol. The molecule has 1 amide bonds. The minimum atomic E-state index is -0.927. The van der Waals surface area contributed by atoms with Crippen molar-refractivity contribution in [3.8, 4) is 0 Å². The summed E-state index contributed by atoms with van der Waals surface area (Å²) < 4.78 is 5.31. The van der Waals surface area contributed by atoms with Crippen molar-refractivity contribution in [1.82, 2.24) is 10.2 Å². The van der Waals surface area contributed by atoms with Gasteiger partial charge in [-0.05, 0) is 6.42 Å². The first-order valence-electron chi connectivity index (χ1n) is 6.10. The number of ether oxygens (including phenoxy) is 1. The van der Waals surface area contributed by atoms with Crippen LogP contribution in [0.15, 0.2) is 0 Å². The van der Waals surface area contributed by atoms with E-state index < -0.39 is 18.2 Å². The highest BCUT2D eigenvalue weighted by atomic mass is 16.5. The van der Waals surface area contributed by atoms with Crippen LogP contribution in [0.5, 0.6) is 0 Å². The highest BCUT2D eigenvalue weighted by Crippen LogP contribution is 2.14. The molecule has 0 radical (unpaired) electrons. The second-order valence-corrected chi connectivity index (χ2v) is 4.73. The lowest BCUT2D eigenvalue weighted by Gasteiger charge is -2.33. The van der Waals surface area contributed by atoms with Gasteiger partial charge < -0.3 is 25.2 Å². The molecule has 0 aliphatic carbocycles. The number of hydrogen-bond acceptors (Lipinski definition) is 5. The monoisotopic (exact) mass is 258 g/mol. The summed E-state index contributed by atoms with van der Waals surface area (Å²) in [6.45, 7) is 1.57. The third-order valence-electron chi connectivity index (χ3n) is 3.26. The van der Waals surface area contributed by atoms with Gasteiger partial charge in [-0.25, -0.2) is 0 Å². The number of aliphatic hydroxyl groups excluding tert-OH is 1. The fourth-order valence-electron chi connectivity index (χ4n) is 2.36. The Bertz CT molecular complexity index is 335. The number of nitrogens with zero attached hydrogens (tertiary/aromatic N) is 1. The highest BCUT2D eigenvalue weighted by molar-refractivity contribution is 5.82. The molecule has 0 aromatic heterocycles. The van der Waals surface area contributed by atoms with Gasteiger partial charge in [0.05, 0.1) is 31.3 Å². The number of rotatable bonds is 3. The molecule has 7 nitrogen and oxygen atoms in total. The lowest BCUT2D eigenvalue weighted by atomic mass is 10.1. The molecule has 2 heterocycles. The fraction of sp³-hybridized carbons (Fsp3) is 0.818. The molecule has 2 rings (SSSR count). The first-order chi connectivity index (χ1) is 8.56. The van der Waals surface area contributed by atoms with Crippen LogP contribution in [0.2, 0.25) is 0 Å². The number of morpholine rings is 1. The Morgan fingerprint density at radius 3 is 2.83 bits per heavy atom. The third-order valence-corrected chi connectivity index (χ3v) is 3.26. The van der Waals surface area contributed by atoms with E-state index in [9.17, 15) is 14.7 Å². The molecule has 0 bridgehead atoms. The quantitative estimate of drug-likeness (QED) is 0.564. The number of carboxylic acid groups (broad SMARTS) is 1. The second-order valence-electron chi connectivity index (χ2n) is 4.73. The van der Waals surface area contributed by atoms with Gasteiger partial charge in [0.1, 0.15) is 0 Å². The van der Waals surface area contributed by atoms with Gasteiger partial charge in [-0.1, -0.05) is 0 Å². The summed E-state index contributed by atoms with van der Waals surface area (Å²) >= 11 is 0. The van der Waals surface area contributed by atoms with Gasteiger partial charge in [0, 0.05) is 19.6 Å². The number of carbonyl (C=O) groups is 2. The summed E-state index contributed by atoms with van der Waals surface area (Å²) in [7, 11) is 0. The molecule has 2 aliphatic heterocycles. The molecule has 2 fully saturated rings. The number of carboxylic acids is 1. The minimum Gasteiger partial charge on any atom is -0.481 e. The van der Waals surface area contributed by atoms with Gasteiger partial charge in [-0.3, -0.25) is 9.59 Å². The van der Waals surface area contributed by atoms with Gasteiger partial charge in [-0.15, -0.1) is 0 Å². The Labute approximate surface area is 105 Å². The normalized spacial score (nSPS) is 32.5. The van der Waals surface area contributed by atoms with Crippen molar-refractivity contribution in [3.63, 3.8) is 0 Å². The summed E-state index contributed by atoms with van der Waals surface area (Å²) in [4.78, 5) is 24.4. The fourth-order valence-corrected chi connectivity index (χ4v) is 2.36. The average Bonchev–Trinajstić information content (AvgIpc) is 2.74. The molecule has 0 spiro atoms. The van der Waals surface area contributed by atoms with Gasteiger partial charge in [-0.2, -0.15) is 0 Å². The van der Waals surface area contributed by atoms with E-state index in [2.05, 4.69) is 5.32 Å². The zero-order valence-electron chi connectivity index (χ0n) is 10.0. The highest BCUT2D eigenvalue weighted by Gasteiger charge is 2.34. The molecule has 3 unspecified atom stereocenters. The Morgan fingerprint density at radius 1 is 1.44 bits per heavy atom. The summed E-state index contributed by atoms with van der Waals surface area (Å²) in [6.07, 6.45) is -0.592. The molecule has 0 aromatic rings. The largest absolute Gasteiger partial charge is 0.481 e.